The van der Waals surface area contributed by atoms with Gasteiger partial charge in [-0.3, -0.25) is 0 Å². The van der Waals surface area contributed by atoms with Crippen molar-refractivity contribution in [3.8, 4) is 11.1 Å². The zero-order valence-corrected chi connectivity index (χ0v) is 15.6. The lowest BCUT2D eigenvalue weighted by atomic mass is 10.1. The van der Waals surface area contributed by atoms with Crippen molar-refractivity contribution in [2.45, 2.75) is 13.8 Å². The molecule has 1 spiro atoms. The molecule has 0 fully saturated rings. The van der Waals surface area contributed by atoms with E-state index in [0.29, 0.717) is 0 Å². The van der Waals surface area contributed by atoms with Gasteiger partial charge in [0.15, 0.2) is 8.07 Å². The summed E-state index contributed by atoms with van der Waals surface area (Å²) in [5, 5.41) is 6.20. The Hall–Kier alpha value is -2.64. The van der Waals surface area contributed by atoms with Crippen LogP contribution >= 0.6 is 0 Å². The summed E-state index contributed by atoms with van der Waals surface area (Å²) in [6, 6.07) is 27.2. The number of hydrogen-bond acceptors (Lipinski definition) is 0. The minimum absolute atomic E-state index is 1.43. The van der Waals surface area contributed by atoms with Gasteiger partial charge in [0, 0.05) is 0 Å². The Bertz CT molecular complexity index is 1020. The van der Waals surface area contributed by atoms with Gasteiger partial charge in [-0.05, 0) is 56.9 Å². The first-order valence-electron chi connectivity index (χ1n) is 8.93. The predicted octanol–water partition coefficient (Wildman–Crippen LogP) is 4.04. The van der Waals surface area contributed by atoms with Gasteiger partial charge in [0.2, 0.25) is 0 Å². The number of allylic oxidation sites excluding steroid dienone is 4. The summed E-state index contributed by atoms with van der Waals surface area (Å²) < 4.78 is 0. The maximum atomic E-state index is 2.38. The van der Waals surface area contributed by atoms with E-state index in [1.54, 1.807) is 20.8 Å². The highest BCUT2D eigenvalue weighted by molar-refractivity contribution is 7.20. The minimum atomic E-state index is -2.15. The van der Waals surface area contributed by atoms with Crippen LogP contribution in [0.25, 0.3) is 16.7 Å². The van der Waals surface area contributed by atoms with E-state index >= 15 is 0 Å². The summed E-state index contributed by atoms with van der Waals surface area (Å²) in [5.41, 5.74) is 5.74. The average Bonchev–Trinajstić information content (AvgIpc) is 3.10. The molecular weight excluding hydrogens is 316 g/mol. The van der Waals surface area contributed by atoms with Gasteiger partial charge in [0.1, 0.15) is 0 Å². The fourth-order valence-corrected chi connectivity index (χ4v) is 10.8. The van der Waals surface area contributed by atoms with E-state index in [1.807, 2.05) is 0 Å². The molecular formula is C24H20Si. The van der Waals surface area contributed by atoms with Crippen LogP contribution in [0.2, 0.25) is 0 Å². The largest absolute Gasteiger partial charge is 0.181 e. The maximum absolute atomic E-state index is 2.38. The predicted molar refractivity (Wildman–Crippen MR) is 110 cm³/mol. The summed E-state index contributed by atoms with van der Waals surface area (Å²) in [7, 11) is -2.15. The molecule has 2 heterocycles. The molecule has 0 aromatic heterocycles. The highest BCUT2D eigenvalue weighted by atomic mass is 28.3. The summed E-state index contributed by atoms with van der Waals surface area (Å²) in [5.74, 6) is 0. The first-order chi connectivity index (χ1) is 12.3. The van der Waals surface area contributed by atoms with Gasteiger partial charge < -0.3 is 0 Å². The van der Waals surface area contributed by atoms with E-state index in [2.05, 4.69) is 98.8 Å². The molecule has 0 atom stereocenters. The molecule has 2 aliphatic rings. The van der Waals surface area contributed by atoms with Crippen molar-refractivity contribution in [2.24, 2.45) is 0 Å². The van der Waals surface area contributed by atoms with Crippen molar-refractivity contribution in [1.82, 2.24) is 0 Å². The van der Waals surface area contributed by atoms with Gasteiger partial charge in [0.05, 0.1) is 0 Å². The first kappa shape index (κ1) is 14.7. The molecule has 0 saturated heterocycles. The maximum Gasteiger partial charge on any atom is 0.181 e. The van der Waals surface area contributed by atoms with Gasteiger partial charge in [-0.15, -0.1) is 0 Å². The lowest BCUT2D eigenvalue weighted by molar-refractivity contribution is 1.61. The van der Waals surface area contributed by atoms with E-state index in [0.717, 1.165) is 0 Å². The molecule has 1 heteroatoms. The molecule has 0 amide bonds. The Morgan fingerprint density at radius 1 is 0.640 bits per heavy atom. The van der Waals surface area contributed by atoms with Crippen LogP contribution in [-0.4, -0.2) is 8.07 Å². The summed E-state index contributed by atoms with van der Waals surface area (Å²) in [4.78, 5) is 0. The molecule has 0 saturated carbocycles. The van der Waals surface area contributed by atoms with Crippen LogP contribution in [0, 0.1) is 0 Å². The summed E-state index contributed by atoms with van der Waals surface area (Å²) in [6.45, 7) is 4.44. The summed E-state index contributed by atoms with van der Waals surface area (Å²) >= 11 is 0. The standard InChI is InChI=1S/C24H20Si/c1-3-10-21-17(2)18-11-4-7-14-22(18)25(21)23-15-8-5-12-19(23)20-13-6-9-16-24(20)25/h3-16H,1-2H3/b10-3-. The smallest absolute Gasteiger partial charge is 0.0877 e. The van der Waals surface area contributed by atoms with Gasteiger partial charge in [-0.2, -0.15) is 0 Å². The van der Waals surface area contributed by atoms with Crippen molar-refractivity contribution >= 4 is 29.2 Å². The van der Waals surface area contributed by atoms with E-state index in [-0.39, 0.29) is 0 Å². The van der Waals surface area contributed by atoms with E-state index in [1.165, 1.54) is 22.3 Å². The van der Waals surface area contributed by atoms with Crippen LogP contribution in [-0.2, 0) is 0 Å². The molecule has 120 valence electrons. The Labute approximate surface area is 150 Å². The van der Waals surface area contributed by atoms with Crippen LogP contribution < -0.4 is 15.6 Å². The summed E-state index contributed by atoms with van der Waals surface area (Å²) in [6.07, 6.45) is 4.59. The second-order valence-corrected chi connectivity index (χ2v) is 10.6. The van der Waals surface area contributed by atoms with Crippen molar-refractivity contribution in [2.75, 3.05) is 0 Å². The van der Waals surface area contributed by atoms with Crippen molar-refractivity contribution in [3.05, 3.63) is 95.7 Å². The number of fused-ring (bicyclic) bond motifs is 7. The van der Waals surface area contributed by atoms with Crippen molar-refractivity contribution < 1.29 is 0 Å². The Balaban J connectivity index is 2.02. The molecule has 0 radical (unpaired) electrons. The first-order valence-corrected chi connectivity index (χ1v) is 10.9. The normalized spacial score (nSPS) is 16.4. The number of benzene rings is 3. The quantitative estimate of drug-likeness (QED) is 0.588. The number of hydrogen-bond donors (Lipinski definition) is 0. The van der Waals surface area contributed by atoms with Gasteiger partial charge in [-0.1, -0.05) is 84.9 Å². The second kappa shape index (κ2) is 5.17. The molecule has 0 unspecified atom stereocenters. The fraction of sp³-hybridized carbons (Fsp3) is 0.0833. The van der Waals surface area contributed by atoms with Crippen molar-refractivity contribution in [1.29, 1.82) is 0 Å². The van der Waals surface area contributed by atoms with Gasteiger partial charge in [-0.25, -0.2) is 0 Å². The fourth-order valence-electron chi connectivity index (χ4n) is 4.94. The minimum Gasteiger partial charge on any atom is -0.0877 e. The zero-order valence-electron chi connectivity index (χ0n) is 14.6. The highest BCUT2D eigenvalue weighted by Gasteiger charge is 2.53. The molecule has 2 aliphatic heterocycles. The SMILES string of the molecule is C/C=C\C1=C(C)c2ccccc2[Si]12c1ccccc1-c1ccccc12. The third-order valence-corrected chi connectivity index (χ3v) is 10.9. The third kappa shape index (κ3) is 1.66. The lowest BCUT2D eigenvalue weighted by Gasteiger charge is -2.28. The molecule has 25 heavy (non-hydrogen) atoms. The molecule has 0 aliphatic carbocycles. The zero-order chi connectivity index (χ0) is 17.0. The Morgan fingerprint density at radius 3 is 1.60 bits per heavy atom. The molecule has 3 aromatic rings. The third-order valence-electron chi connectivity index (χ3n) is 5.83. The van der Waals surface area contributed by atoms with Crippen LogP contribution in [0.5, 0.6) is 0 Å². The van der Waals surface area contributed by atoms with Gasteiger partial charge in [0.25, 0.3) is 0 Å². The molecule has 0 bridgehead atoms. The van der Waals surface area contributed by atoms with Crippen molar-refractivity contribution in [3.63, 3.8) is 0 Å². The van der Waals surface area contributed by atoms with E-state index in [9.17, 15) is 0 Å². The lowest BCUT2D eigenvalue weighted by Crippen LogP contribution is -2.64. The van der Waals surface area contributed by atoms with Gasteiger partial charge >= 0.3 is 0 Å². The Morgan fingerprint density at radius 2 is 1.08 bits per heavy atom. The molecule has 5 rings (SSSR count). The molecule has 3 aromatic carbocycles. The molecule has 0 nitrogen and oxygen atoms in total. The number of rotatable bonds is 1. The van der Waals surface area contributed by atoms with E-state index < -0.39 is 8.07 Å². The monoisotopic (exact) mass is 336 g/mol. The highest BCUT2D eigenvalue weighted by Crippen LogP contribution is 2.40. The average molecular weight is 337 g/mol. The topological polar surface area (TPSA) is 0 Å². The Kier molecular flexibility index (Phi) is 3.04. The van der Waals surface area contributed by atoms with Crippen LogP contribution in [0.4, 0.5) is 0 Å². The van der Waals surface area contributed by atoms with Crippen LogP contribution in [0.15, 0.2) is 90.1 Å². The molecule has 0 N–H and O–H groups in total. The second-order valence-electron chi connectivity index (χ2n) is 6.93. The van der Waals surface area contributed by atoms with E-state index in [4.69, 9.17) is 0 Å². The van der Waals surface area contributed by atoms with Crippen LogP contribution in [0.1, 0.15) is 19.4 Å². The van der Waals surface area contributed by atoms with Crippen LogP contribution in [0.3, 0.4) is 0 Å².